The van der Waals surface area contributed by atoms with Crippen LogP contribution in [0.5, 0.6) is 0 Å². The van der Waals surface area contributed by atoms with Crippen molar-refractivity contribution in [2.24, 2.45) is 0 Å². The summed E-state index contributed by atoms with van der Waals surface area (Å²) in [4.78, 5) is 41.6. The van der Waals surface area contributed by atoms with Crippen LogP contribution >= 0.6 is 0 Å². The molecule has 0 aliphatic rings. The monoisotopic (exact) mass is 396 g/mol. The molecule has 0 bridgehead atoms. The largest absolute Gasteiger partial charge is 0.291 e. The zero-order valence-corrected chi connectivity index (χ0v) is 16.0. The van der Waals surface area contributed by atoms with Gasteiger partial charge in [-0.15, -0.1) is 0 Å². The predicted octanol–water partition coefficient (Wildman–Crippen LogP) is 4.50. The highest BCUT2D eigenvalue weighted by Crippen LogP contribution is 2.16. The second-order valence-corrected chi connectivity index (χ2v) is 6.11. The molecule has 0 saturated heterocycles. The van der Waals surface area contributed by atoms with E-state index in [-0.39, 0.29) is 42.8 Å². The van der Waals surface area contributed by atoms with Gasteiger partial charge in [0.15, 0.2) is 6.29 Å². The lowest BCUT2D eigenvalue weighted by Crippen LogP contribution is -2.03. The summed E-state index contributed by atoms with van der Waals surface area (Å²) in [7, 11) is 0. The number of rotatable bonds is 16. The Bertz CT molecular complexity index is 639. The first-order valence-corrected chi connectivity index (χ1v) is 9.18. The van der Waals surface area contributed by atoms with Crippen LogP contribution in [0.2, 0.25) is 0 Å². The Morgan fingerprint density at radius 3 is 1.82 bits per heavy atom. The molecular formula is C18H26N3O7. The van der Waals surface area contributed by atoms with Crippen LogP contribution in [-0.4, -0.2) is 21.1 Å². The van der Waals surface area contributed by atoms with E-state index in [1.165, 1.54) is 12.2 Å². The SMILES string of the molecule is CCCCC/C(=C\C/C(=C\C/C(=C\CCCC[C]=O)[N+](=O)[O-])[N+](=O)[O-])[N+](=O)[O-]. The van der Waals surface area contributed by atoms with Crippen LogP contribution in [0.25, 0.3) is 0 Å². The average molecular weight is 396 g/mol. The topological polar surface area (TPSA) is 146 Å². The van der Waals surface area contributed by atoms with Gasteiger partial charge in [-0.3, -0.25) is 35.1 Å². The minimum atomic E-state index is -0.683. The number of hydrogen-bond donors (Lipinski definition) is 0. The highest BCUT2D eigenvalue weighted by molar-refractivity contribution is 5.50. The summed E-state index contributed by atoms with van der Waals surface area (Å²) in [6.45, 7) is 1.96. The minimum Gasteiger partial charge on any atom is -0.291 e. The van der Waals surface area contributed by atoms with Gasteiger partial charge in [0.25, 0.3) is 0 Å². The molecule has 10 nitrogen and oxygen atoms in total. The van der Waals surface area contributed by atoms with E-state index in [1.54, 1.807) is 6.29 Å². The van der Waals surface area contributed by atoms with Crippen molar-refractivity contribution in [3.05, 3.63) is 65.7 Å². The fraction of sp³-hybridized carbons (Fsp3) is 0.611. The Balaban J connectivity index is 5.08. The second kappa shape index (κ2) is 15.2. The highest BCUT2D eigenvalue weighted by Gasteiger charge is 2.17. The van der Waals surface area contributed by atoms with E-state index in [4.69, 9.17) is 0 Å². The highest BCUT2D eigenvalue weighted by atomic mass is 16.6. The van der Waals surface area contributed by atoms with E-state index in [9.17, 15) is 35.1 Å². The van der Waals surface area contributed by atoms with E-state index in [1.807, 2.05) is 6.92 Å². The smallest absolute Gasteiger partial charge is 0.246 e. The molecule has 0 spiro atoms. The van der Waals surface area contributed by atoms with E-state index >= 15 is 0 Å². The van der Waals surface area contributed by atoms with Crippen LogP contribution < -0.4 is 0 Å². The quantitative estimate of drug-likeness (QED) is 0.212. The number of nitrogens with zero attached hydrogens (tertiary/aromatic N) is 3. The molecule has 28 heavy (non-hydrogen) atoms. The maximum atomic E-state index is 11.2. The summed E-state index contributed by atoms with van der Waals surface area (Å²) in [5, 5.41) is 33.3. The van der Waals surface area contributed by atoms with Gasteiger partial charge in [0.1, 0.15) is 0 Å². The molecule has 10 heteroatoms. The van der Waals surface area contributed by atoms with Gasteiger partial charge in [-0.05, 0) is 43.9 Å². The minimum absolute atomic E-state index is 0.0850. The van der Waals surface area contributed by atoms with E-state index < -0.39 is 14.8 Å². The first-order chi connectivity index (χ1) is 13.3. The van der Waals surface area contributed by atoms with Gasteiger partial charge >= 0.3 is 0 Å². The van der Waals surface area contributed by atoms with Crippen molar-refractivity contribution in [3.8, 4) is 0 Å². The number of carbonyl (C=O) groups excluding carboxylic acids is 1. The van der Waals surface area contributed by atoms with Crippen LogP contribution in [0.3, 0.4) is 0 Å². The third-order valence-electron chi connectivity index (χ3n) is 3.95. The molecule has 155 valence electrons. The number of allylic oxidation sites excluding steroid dienone is 4. The zero-order valence-electron chi connectivity index (χ0n) is 16.0. The van der Waals surface area contributed by atoms with Crippen molar-refractivity contribution in [2.45, 2.75) is 71.1 Å². The van der Waals surface area contributed by atoms with E-state index in [0.29, 0.717) is 25.7 Å². The molecule has 0 rings (SSSR count). The summed E-state index contributed by atoms with van der Waals surface area (Å²) in [5.74, 6) is 0. The molecule has 0 aliphatic carbocycles. The molecule has 0 aromatic heterocycles. The Morgan fingerprint density at radius 2 is 1.32 bits per heavy atom. The van der Waals surface area contributed by atoms with Crippen molar-refractivity contribution in [2.75, 3.05) is 0 Å². The van der Waals surface area contributed by atoms with E-state index in [0.717, 1.165) is 18.9 Å². The lowest BCUT2D eigenvalue weighted by Gasteiger charge is -1.99. The summed E-state index contributed by atoms with van der Waals surface area (Å²) in [5.41, 5.74) is -0.591. The van der Waals surface area contributed by atoms with Crippen molar-refractivity contribution in [1.82, 2.24) is 0 Å². The average Bonchev–Trinajstić information content (AvgIpc) is 2.63. The number of hydrogen-bond acceptors (Lipinski definition) is 7. The Labute approximate surface area is 163 Å². The molecule has 0 aromatic rings. The lowest BCUT2D eigenvalue weighted by molar-refractivity contribution is -0.434. The van der Waals surface area contributed by atoms with Gasteiger partial charge in [-0.25, -0.2) is 0 Å². The fourth-order valence-electron chi connectivity index (χ4n) is 2.34. The molecule has 0 atom stereocenters. The van der Waals surface area contributed by atoms with Gasteiger partial charge < -0.3 is 0 Å². The molecule has 0 fully saturated rings. The standard InChI is InChI=1S/C18H26N3O7/c1-2-3-6-9-16(19(23)24)11-13-18(21(27)28)14-12-17(20(25)26)10-7-4-5-8-15-22/h10-11,14H,2-9,12-13H2,1H3/b16-11+,17-10+,18-14+. The maximum Gasteiger partial charge on any atom is 0.246 e. The van der Waals surface area contributed by atoms with Crippen molar-refractivity contribution in [3.63, 3.8) is 0 Å². The van der Waals surface area contributed by atoms with Crippen LogP contribution in [-0.2, 0) is 4.79 Å². The normalized spacial score (nSPS) is 12.7. The summed E-state index contributed by atoms with van der Waals surface area (Å²) in [6, 6.07) is 0. The summed E-state index contributed by atoms with van der Waals surface area (Å²) >= 11 is 0. The number of nitro groups is 3. The second-order valence-electron chi connectivity index (χ2n) is 6.11. The van der Waals surface area contributed by atoms with Crippen LogP contribution in [0, 0.1) is 30.3 Å². The van der Waals surface area contributed by atoms with Gasteiger partial charge in [-0.2, -0.15) is 0 Å². The van der Waals surface area contributed by atoms with E-state index in [2.05, 4.69) is 0 Å². The predicted molar refractivity (Wildman–Crippen MR) is 103 cm³/mol. The fourth-order valence-corrected chi connectivity index (χ4v) is 2.34. The lowest BCUT2D eigenvalue weighted by atomic mass is 10.1. The molecule has 0 amide bonds. The molecule has 0 aliphatic heterocycles. The van der Waals surface area contributed by atoms with Gasteiger partial charge in [0.05, 0.1) is 27.6 Å². The molecule has 0 heterocycles. The molecule has 1 radical (unpaired) electrons. The first kappa shape index (κ1) is 25.1. The van der Waals surface area contributed by atoms with Crippen LogP contribution in [0.4, 0.5) is 0 Å². The van der Waals surface area contributed by atoms with Gasteiger partial charge in [-0.1, -0.05) is 19.8 Å². The molecule has 0 N–H and O–H groups in total. The van der Waals surface area contributed by atoms with Gasteiger partial charge in [0, 0.05) is 12.8 Å². The van der Waals surface area contributed by atoms with Crippen LogP contribution in [0.1, 0.15) is 71.1 Å². The van der Waals surface area contributed by atoms with Gasteiger partial charge in [0.2, 0.25) is 17.1 Å². The first-order valence-electron chi connectivity index (χ1n) is 9.18. The zero-order chi connectivity index (χ0) is 21.4. The Kier molecular flexibility index (Phi) is 13.6. The Hall–Kier alpha value is -2.91. The van der Waals surface area contributed by atoms with Crippen LogP contribution in [0.15, 0.2) is 35.3 Å². The molecule has 0 unspecified atom stereocenters. The molecular weight excluding hydrogens is 370 g/mol. The number of unbranched alkanes of at least 4 members (excludes halogenated alkanes) is 5. The van der Waals surface area contributed by atoms with Crippen molar-refractivity contribution >= 4 is 6.29 Å². The Morgan fingerprint density at radius 1 is 0.786 bits per heavy atom. The third-order valence-corrected chi connectivity index (χ3v) is 3.95. The molecule has 0 aromatic carbocycles. The maximum absolute atomic E-state index is 11.2. The summed E-state index contributed by atoms with van der Waals surface area (Å²) < 4.78 is 0. The van der Waals surface area contributed by atoms with Crippen molar-refractivity contribution < 1.29 is 19.6 Å². The third kappa shape index (κ3) is 11.7. The van der Waals surface area contributed by atoms with Crippen molar-refractivity contribution in [1.29, 1.82) is 0 Å². The molecule has 0 saturated carbocycles. The summed E-state index contributed by atoms with van der Waals surface area (Å²) in [6.07, 6.45) is 9.26.